The van der Waals surface area contributed by atoms with Crippen LogP contribution in [0, 0.1) is 5.41 Å². The summed E-state index contributed by atoms with van der Waals surface area (Å²) in [5, 5.41) is 2.91. The normalized spacial score (nSPS) is 23.7. The van der Waals surface area contributed by atoms with E-state index < -0.39 is 5.41 Å². The topological polar surface area (TPSA) is 86.1 Å². The molecule has 2 aliphatic heterocycles. The van der Waals surface area contributed by atoms with Crippen molar-refractivity contribution in [1.82, 2.24) is 20.0 Å². The van der Waals surface area contributed by atoms with Gasteiger partial charge in [-0.2, -0.15) is 0 Å². The second kappa shape index (κ2) is 7.01. The zero-order valence-corrected chi connectivity index (χ0v) is 15.5. The van der Waals surface area contributed by atoms with E-state index in [0.717, 1.165) is 0 Å². The van der Waals surface area contributed by atoms with Crippen LogP contribution in [-0.2, 0) is 4.79 Å². The third kappa shape index (κ3) is 3.68. The molecule has 1 spiro atoms. The fourth-order valence-electron chi connectivity index (χ4n) is 3.82. The van der Waals surface area contributed by atoms with Gasteiger partial charge in [0.15, 0.2) is 5.76 Å². The van der Waals surface area contributed by atoms with E-state index in [-0.39, 0.29) is 29.6 Å². The molecule has 4 amide bonds. The lowest BCUT2D eigenvalue weighted by molar-refractivity contribution is -0.126. The van der Waals surface area contributed by atoms with Crippen molar-refractivity contribution in [1.29, 1.82) is 0 Å². The van der Waals surface area contributed by atoms with E-state index >= 15 is 0 Å². The third-order valence-electron chi connectivity index (χ3n) is 4.94. The smallest absolute Gasteiger partial charge is 0.317 e. The van der Waals surface area contributed by atoms with Crippen LogP contribution in [0.15, 0.2) is 22.8 Å². The molecule has 8 nitrogen and oxygen atoms in total. The molecule has 2 fully saturated rings. The van der Waals surface area contributed by atoms with Crippen molar-refractivity contribution in [2.75, 3.05) is 39.8 Å². The van der Waals surface area contributed by atoms with Crippen molar-refractivity contribution >= 4 is 17.8 Å². The van der Waals surface area contributed by atoms with Gasteiger partial charge < -0.3 is 24.4 Å². The number of hydrogen-bond acceptors (Lipinski definition) is 4. The Morgan fingerprint density at radius 3 is 2.46 bits per heavy atom. The van der Waals surface area contributed by atoms with E-state index in [2.05, 4.69) is 5.32 Å². The molecule has 0 aliphatic carbocycles. The van der Waals surface area contributed by atoms with Crippen LogP contribution in [-0.4, -0.2) is 78.4 Å². The quantitative estimate of drug-likeness (QED) is 0.851. The molecule has 1 atom stereocenters. The van der Waals surface area contributed by atoms with Crippen molar-refractivity contribution in [3.05, 3.63) is 24.2 Å². The number of carbonyl (C=O) groups excluding carboxylic acids is 3. The van der Waals surface area contributed by atoms with E-state index in [1.165, 1.54) is 6.26 Å². The standard InChI is InChI=1S/C18H26N4O4/c1-13(2)19-17(25)22-7-6-21(16(24)14-5-4-8-26-14)11-18(12-22)9-15(23)20(3)10-18/h4-5,8,13H,6-7,9-12H2,1-3H3,(H,19,25)/t18-/m0/s1. The lowest BCUT2D eigenvalue weighted by atomic mass is 9.86. The highest BCUT2D eigenvalue weighted by Crippen LogP contribution is 2.34. The van der Waals surface area contributed by atoms with Crippen molar-refractivity contribution in [3.63, 3.8) is 0 Å². The second-order valence-corrected chi connectivity index (χ2v) is 7.66. The van der Waals surface area contributed by atoms with Crippen LogP contribution < -0.4 is 5.32 Å². The van der Waals surface area contributed by atoms with E-state index in [9.17, 15) is 14.4 Å². The van der Waals surface area contributed by atoms with E-state index in [4.69, 9.17) is 4.42 Å². The average Bonchev–Trinajstić information content (AvgIpc) is 3.13. The van der Waals surface area contributed by atoms with Gasteiger partial charge in [-0.25, -0.2) is 4.79 Å². The van der Waals surface area contributed by atoms with Gasteiger partial charge in [-0.3, -0.25) is 9.59 Å². The lowest BCUT2D eigenvalue weighted by Gasteiger charge is -2.33. The molecule has 0 radical (unpaired) electrons. The number of furan rings is 1. The Balaban J connectivity index is 1.84. The third-order valence-corrected chi connectivity index (χ3v) is 4.94. The number of urea groups is 1. The van der Waals surface area contributed by atoms with Gasteiger partial charge in [0.05, 0.1) is 6.26 Å². The lowest BCUT2D eigenvalue weighted by Crippen LogP contribution is -2.49. The molecule has 1 aromatic heterocycles. The number of carbonyl (C=O) groups is 3. The summed E-state index contributed by atoms with van der Waals surface area (Å²) < 4.78 is 5.25. The predicted molar refractivity (Wildman–Crippen MR) is 94.5 cm³/mol. The van der Waals surface area contributed by atoms with Crippen molar-refractivity contribution in [2.45, 2.75) is 26.3 Å². The van der Waals surface area contributed by atoms with E-state index in [1.54, 1.807) is 33.9 Å². The van der Waals surface area contributed by atoms with Crippen LogP contribution in [0.5, 0.6) is 0 Å². The van der Waals surface area contributed by atoms with Gasteiger partial charge in [0.2, 0.25) is 5.91 Å². The predicted octanol–water partition coefficient (Wildman–Crippen LogP) is 1.00. The van der Waals surface area contributed by atoms with Gasteiger partial charge in [0.25, 0.3) is 5.91 Å². The average molecular weight is 362 g/mol. The molecule has 2 saturated heterocycles. The Bertz CT molecular complexity index is 687. The fourth-order valence-corrected chi connectivity index (χ4v) is 3.82. The molecule has 1 aromatic rings. The summed E-state index contributed by atoms with van der Waals surface area (Å²) in [4.78, 5) is 42.7. The number of likely N-dealkylation sites (tertiary alicyclic amines) is 1. The summed E-state index contributed by atoms with van der Waals surface area (Å²) in [6.45, 7) is 6.04. The first kappa shape index (κ1) is 18.3. The summed E-state index contributed by atoms with van der Waals surface area (Å²) >= 11 is 0. The molecule has 2 aliphatic rings. The van der Waals surface area contributed by atoms with Gasteiger partial charge in [-0.05, 0) is 26.0 Å². The maximum absolute atomic E-state index is 12.8. The van der Waals surface area contributed by atoms with Gasteiger partial charge in [-0.15, -0.1) is 0 Å². The number of nitrogens with one attached hydrogen (secondary N) is 1. The molecule has 0 aromatic carbocycles. The molecular weight excluding hydrogens is 336 g/mol. The SMILES string of the molecule is CC(C)NC(=O)N1CCN(C(=O)c2ccco2)C[C@@]2(CC(=O)N(C)C2)C1. The largest absolute Gasteiger partial charge is 0.459 e. The van der Waals surface area contributed by atoms with Gasteiger partial charge in [-0.1, -0.05) is 0 Å². The maximum atomic E-state index is 12.8. The Labute approximate surface area is 153 Å². The van der Waals surface area contributed by atoms with Crippen LogP contribution in [0.3, 0.4) is 0 Å². The highest BCUT2D eigenvalue weighted by molar-refractivity contribution is 5.91. The van der Waals surface area contributed by atoms with Crippen molar-refractivity contribution in [3.8, 4) is 0 Å². The van der Waals surface area contributed by atoms with Gasteiger partial charge in [0, 0.05) is 57.6 Å². The molecule has 8 heteroatoms. The fraction of sp³-hybridized carbons (Fsp3) is 0.611. The Morgan fingerprint density at radius 1 is 1.19 bits per heavy atom. The van der Waals surface area contributed by atoms with Crippen LogP contribution in [0.1, 0.15) is 30.8 Å². The number of amides is 4. The molecule has 3 heterocycles. The zero-order chi connectivity index (χ0) is 18.9. The summed E-state index contributed by atoms with van der Waals surface area (Å²) in [6, 6.07) is 3.18. The Hall–Kier alpha value is -2.51. The molecule has 142 valence electrons. The zero-order valence-electron chi connectivity index (χ0n) is 15.5. The summed E-state index contributed by atoms with van der Waals surface area (Å²) in [5.74, 6) is 0.113. The van der Waals surface area contributed by atoms with Crippen LogP contribution in [0.25, 0.3) is 0 Å². The highest BCUT2D eigenvalue weighted by Gasteiger charge is 2.47. The van der Waals surface area contributed by atoms with Crippen molar-refractivity contribution in [2.24, 2.45) is 5.41 Å². The van der Waals surface area contributed by atoms with Crippen LogP contribution in [0.2, 0.25) is 0 Å². The minimum Gasteiger partial charge on any atom is -0.459 e. The van der Waals surface area contributed by atoms with Crippen LogP contribution in [0.4, 0.5) is 4.79 Å². The minimum absolute atomic E-state index is 0.0236. The maximum Gasteiger partial charge on any atom is 0.317 e. The Morgan fingerprint density at radius 2 is 1.88 bits per heavy atom. The number of nitrogens with zero attached hydrogens (tertiary/aromatic N) is 3. The highest BCUT2D eigenvalue weighted by atomic mass is 16.3. The summed E-state index contributed by atoms with van der Waals surface area (Å²) in [6.07, 6.45) is 1.80. The monoisotopic (exact) mass is 362 g/mol. The molecule has 0 saturated carbocycles. The Kier molecular flexibility index (Phi) is 4.93. The summed E-state index contributed by atoms with van der Waals surface area (Å²) in [7, 11) is 1.76. The molecule has 0 bridgehead atoms. The minimum atomic E-state index is -0.459. The first-order valence-corrected chi connectivity index (χ1v) is 8.92. The van der Waals surface area contributed by atoms with E-state index in [1.807, 2.05) is 13.8 Å². The first-order chi connectivity index (χ1) is 12.3. The molecular formula is C18H26N4O4. The molecule has 0 unspecified atom stereocenters. The number of hydrogen-bond donors (Lipinski definition) is 1. The first-order valence-electron chi connectivity index (χ1n) is 8.92. The second-order valence-electron chi connectivity index (χ2n) is 7.66. The van der Waals surface area contributed by atoms with Crippen LogP contribution >= 0.6 is 0 Å². The molecule has 1 N–H and O–H groups in total. The van der Waals surface area contributed by atoms with Gasteiger partial charge >= 0.3 is 6.03 Å². The van der Waals surface area contributed by atoms with Gasteiger partial charge in [0.1, 0.15) is 0 Å². The molecule has 3 rings (SSSR count). The van der Waals surface area contributed by atoms with Crippen molar-refractivity contribution < 1.29 is 18.8 Å². The number of rotatable bonds is 2. The molecule has 26 heavy (non-hydrogen) atoms. The summed E-state index contributed by atoms with van der Waals surface area (Å²) in [5.41, 5.74) is -0.459. The van der Waals surface area contributed by atoms with E-state index in [0.29, 0.717) is 39.1 Å².